The summed E-state index contributed by atoms with van der Waals surface area (Å²) in [6, 6.07) is 0. The predicted octanol–water partition coefficient (Wildman–Crippen LogP) is 0.0640. The van der Waals surface area contributed by atoms with Crippen molar-refractivity contribution < 1.29 is 23.9 Å². The minimum atomic E-state index is -1.03. The van der Waals surface area contributed by atoms with Crippen molar-refractivity contribution in [2.45, 2.75) is 19.6 Å². The molecule has 1 aliphatic heterocycles. The largest absolute Gasteiger partial charge is 0.480 e. The number of nitrogens with zero attached hydrogens (tertiary/aromatic N) is 3. The van der Waals surface area contributed by atoms with Crippen LogP contribution in [0.25, 0.3) is 0 Å². The Morgan fingerprint density at radius 2 is 2.47 bits per heavy atom. The van der Waals surface area contributed by atoms with Gasteiger partial charge in [0.05, 0.1) is 6.61 Å². The molecule has 0 bridgehead atoms. The average Bonchev–Trinajstić information content (AvgIpc) is 2.87. The standard InChI is InChI=1S/C11H17N3O5/c1-2-14-3-4-18-8(5-14)11-12-9(19-13-11)6-17-7-10(15)16/h8H,2-7H2,1H3,(H,15,16). The van der Waals surface area contributed by atoms with Crippen LogP contribution in [0.1, 0.15) is 24.7 Å². The zero-order chi connectivity index (χ0) is 13.7. The maximum absolute atomic E-state index is 10.3. The van der Waals surface area contributed by atoms with E-state index in [-0.39, 0.29) is 25.2 Å². The number of likely N-dealkylation sites (N-methyl/N-ethyl adjacent to an activating group) is 1. The summed E-state index contributed by atoms with van der Waals surface area (Å²) in [4.78, 5) is 16.7. The van der Waals surface area contributed by atoms with Gasteiger partial charge in [-0.1, -0.05) is 12.1 Å². The van der Waals surface area contributed by atoms with Crippen LogP contribution in [0.15, 0.2) is 4.52 Å². The van der Waals surface area contributed by atoms with E-state index in [0.717, 1.165) is 19.6 Å². The van der Waals surface area contributed by atoms with Gasteiger partial charge in [0, 0.05) is 13.1 Å². The Balaban J connectivity index is 1.87. The Bertz CT molecular complexity index is 422. The van der Waals surface area contributed by atoms with E-state index < -0.39 is 5.97 Å². The second-order valence-electron chi connectivity index (χ2n) is 4.19. The highest BCUT2D eigenvalue weighted by atomic mass is 16.5. The van der Waals surface area contributed by atoms with Gasteiger partial charge in [-0.05, 0) is 6.54 Å². The molecule has 2 heterocycles. The molecule has 0 spiro atoms. The number of aliphatic carboxylic acids is 1. The smallest absolute Gasteiger partial charge is 0.329 e. The lowest BCUT2D eigenvalue weighted by molar-refractivity contribution is -0.142. The molecule has 2 rings (SSSR count). The van der Waals surface area contributed by atoms with E-state index in [1.807, 2.05) is 0 Å². The molecule has 8 nitrogen and oxygen atoms in total. The van der Waals surface area contributed by atoms with Crippen molar-refractivity contribution in [3.05, 3.63) is 11.7 Å². The number of aromatic nitrogens is 2. The number of hydrogen-bond acceptors (Lipinski definition) is 7. The van der Waals surface area contributed by atoms with Gasteiger partial charge in [0.15, 0.2) is 0 Å². The van der Waals surface area contributed by atoms with Gasteiger partial charge in [0.2, 0.25) is 5.82 Å². The summed E-state index contributed by atoms with van der Waals surface area (Å²) in [5, 5.41) is 12.3. The van der Waals surface area contributed by atoms with E-state index in [2.05, 4.69) is 22.0 Å². The van der Waals surface area contributed by atoms with Crippen LogP contribution in [0.2, 0.25) is 0 Å². The fraction of sp³-hybridized carbons (Fsp3) is 0.727. The van der Waals surface area contributed by atoms with Crippen LogP contribution in [0.4, 0.5) is 0 Å². The van der Waals surface area contributed by atoms with Gasteiger partial charge in [0.1, 0.15) is 19.3 Å². The van der Waals surface area contributed by atoms with Crippen LogP contribution >= 0.6 is 0 Å². The van der Waals surface area contributed by atoms with Crippen LogP contribution in [0.5, 0.6) is 0 Å². The number of rotatable bonds is 6. The Morgan fingerprint density at radius 1 is 1.63 bits per heavy atom. The van der Waals surface area contributed by atoms with Gasteiger partial charge >= 0.3 is 5.97 Å². The van der Waals surface area contributed by atoms with E-state index in [1.165, 1.54) is 0 Å². The van der Waals surface area contributed by atoms with Gasteiger partial charge in [-0.3, -0.25) is 4.90 Å². The average molecular weight is 271 g/mol. The summed E-state index contributed by atoms with van der Waals surface area (Å²) in [7, 11) is 0. The van der Waals surface area contributed by atoms with Gasteiger partial charge in [-0.15, -0.1) is 0 Å². The molecule has 0 aliphatic carbocycles. The molecule has 1 atom stereocenters. The number of carboxylic acid groups (broad SMARTS) is 1. The number of carbonyl (C=O) groups is 1. The van der Waals surface area contributed by atoms with Crippen molar-refractivity contribution in [2.24, 2.45) is 0 Å². The first-order valence-corrected chi connectivity index (χ1v) is 6.15. The van der Waals surface area contributed by atoms with E-state index in [9.17, 15) is 4.79 Å². The number of carboxylic acids is 1. The van der Waals surface area contributed by atoms with Gasteiger partial charge < -0.3 is 19.1 Å². The summed E-state index contributed by atoms with van der Waals surface area (Å²) in [5.41, 5.74) is 0. The second-order valence-corrected chi connectivity index (χ2v) is 4.19. The van der Waals surface area contributed by atoms with Gasteiger partial charge in [-0.25, -0.2) is 4.79 Å². The van der Waals surface area contributed by atoms with Gasteiger partial charge in [0.25, 0.3) is 5.89 Å². The lowest BCUT2D eigenvalue weighted by Crippen LogP contribution is -2.38. The van der Waals surface area contributed by atoms with E-state index >= 15 is 0 Å². The van der Waals surface area contributed by atoms with Crippen molar-refractivity contribution in [1.29, 1.82) is 0 Å². The third-order valence-corrected chi connectivity index (χ3v) is 2.82. The molecule has 1 aromatic heterocycles. The molecule has 1 fully saturated rings. The second kappa shape index (κ2) is 6.60. The number of ether oxygens (including phenoxy) is 2. The quantitative estimate of drug-likeness (QED) is 0.775. The highest BCUT2D eigenvalue weighted by Gasteiger charge is 2.25. The van der Waals surface area contributed by atoms with Crippen LogP contribution in [-0.4, -0.2) is 59.0 Å². The first-order chi connectivity index (χ1) is 9.19. The summed E-state index contributed by atoms with van der Waals surface area (Å²) < 4.78 is 15.5. The van der Waals surface area contributed by atoms with Crippen LogP contribution in [0.3, 0.4) is 0 Å². The van der Waals surface area contributed by atoms with Crippen molar-refractivity contribution >= 4 is 5.97 Å². The fourth-order valence-corrected chi connectivity index (χ4v) is 1.83. The highest BCUT2D eigenvalue weighted by Crippen LogP contribution is 2.19. The van der Waals surface area contributed by atoms with Gasteiger partial charge in [-0.2, -0.15) is 4.98 Å². The van der Waals surface area contributed by atoms with Crippen LogP contribution in [0, 0.1) is 0 Å². The minimum Gasteiger partial charge on any atom is -0.480 e. The lowest BCUT2D eigenvalue weighted by Gasteiger charge is -2.30. The van der Waals surface area contributed by atoms with Crippen LogP contribution in [-0.2, 0) is 20.9 Å². The monoisotopic (exact) mass is 271 g/mol. The van der Waals surface area contributed by atoms with Crippen molar-refractivity contribution in [2.75, 3.05) is 32.8 Å². The SMILES string of the molecule is CCN1CCOC(c2noc(COCC(=O)O)n2)C1. The molecule has 19 heavy (non-hydrogen) atoms. The Kier molecular flexibility index (Phi) is 4.83. The number of hydrogen-bond donors (Lipinski definition) is 1. The molecule has 1 aromatic rings. The third kappa shape index (κ3) is 3.98. The molecule has 1 N–H and O–H groups in total. The van der Waals surface area contributed by atoms with E-state index in [0.29, 0.717) is 12.4 Å². The summed E-state index contributed by atoms with van der Waals surface area (Å²) in [5.74, 6) is -0.297. The highest BCUT2D eigenvalue weighted by molar-refractivity contribution is 5.67. The lowest BCUT2D eigenvalue weighted by atomic mass is 10.2. The maximum Gasteiger partial charge on any atom is 0.329 e. The first kappa shape index (κ1) is 13.9. The maximum atomic E-state index is 10.3. The molecule has 1 unspecified atom stereocenters. The van der Waals surface area contributed by atoms with E-state index in [4.69, 9.17) is 19.1 Å². The number of morpholine rings is 1. The summed E-state index contributed by atoms with van der Waals surface area (Å²) in [6.45, 7) is 4.91. The Morgan fingerprint density at radius 3 is 3.21 bits per heavy atom. The molecular formula is C11H17N3O5. The van der Waals surface area contributed by atoms with Crippen LogP contribution < -0.4 is 0 Å². The van der Waals surface area contributed by atoms with E-state index in [1.54, 1.807) is 0 Å². The molecule has 0 saturated carbocycles. The first-order valence-electron chi connectivity index (χ1n) is 6.15. The fourth-order valence-electron chi connectivity index (χ4n) is 1.83. The minimum absolute atomic E-state index is 0.0104. The summed E-state index contributed by atoms with van der Waals surface area (Å²) >= 11 is 0. The topological polar surface area (TPSA) is 97.9 Å². The Labute approximate surface area is 110 Å². The zero-order valence-corrected chi connectivity index (χ0v) is 10.7. The van der Waals surface area contributed by atoms with Crippen molar-refractivity contribution in [3.63, 3.8) is 0 Å². The molecule has 0 amide bonds. The molecule has 106 valence electrons. The molecule has 1 saturated heterocycles. The zero-order valence-electron chi connectivity index (χ0n) is 10.7. The predicted molar refractivity (Wildman–Crippen MR) is 62.4 cm³/mol. The molecule has 1 aliphatic rings. The third-order valence-electron chi connectivity index (χ3n) is 2.82. The van der Waals surface area contributed by atoms with Crippen molar-refractivity contribution in [3.8, 4) is 0 Å². The normalized spacial score (nSPS) is 20.6. The summed E-state index contributed by atoms with van der Waals surface area (Å²) in [6.07, 6.45) is -0.203. The molecule has 8 heteroatoms. The molecular weight excluding hydrogens is 254 g/mol. The molecule has 0 aromatic carbocycles. The van der Waals surface area contributed by atoms with Crippen molar-refractivity contribution in [1.82, 2.24) is 15.0 Å². The molecule has 0 radical (unpaired) electrons. The Hall–Kier alpha value is -1.51.